The molecule has 0 spiro atoms. The summed E-state index contributed by atoms with van der Waals surface area (Å²) in [6.45, 7) is 6.30. The first-order valence-electron chi connectivity index (χ1n) is 8.56. The molecule has 2 aromatic rings. The molecule has 0 amide bonds. The first-order chi connectivity index (χ1) is 11.3. The normalized spacial score (nSPS) is 18.8. The van der Waals surface area contributed by atoms with Crippen LogP contribution in [0.2, 0.25) is 0 Å². The maximum absolute atomic E-state index is 4.80. The lowest BCUT2D eigenvalue weighted by molar-refractivity contribution is 0.436. The number of hydrogen-bond acceptors (Lipinski definition) is 5. The van der Waals surface area contributed by atoms with Crippen molar-refractivity contribution >= 4 is 11.8 Å². The van der Waals surface area contributed by atoms with Crippen LogP contribution in [-0.4, -0.2) is 34.8 Å². The summed E-state index contributed by atoms with van der Waals surface area (Å²) in [6, 6.07) is 8.64. The molecule has 0 saturated carbocycles. The van der Waals surface area contributed by atoms with Crippen molar-refractivity contribution in [2.45, 2.75) is 32.7 Å². The van der Waals surface area contributed by atoms with Gasteiger partial charge in [0.2, 0.25) is 5.95 Å². The number of nitrogens with zero attached hydrogens (tertiary/aromatic N) is 5. The van der Waals surface area contributed by atoms with E-state index in [1.165, 1.54) is 24.0 Å². The van der Waals surface area contributed by atoms with Crippen LogP contribution in [0.4, 0.5) is 11.8 Å². The van der Waals surface area contributed by atoms with Crippen LogP contribution in [0.25, 0.3) is 0 Å². The number of anilines is 2. The van der Waals surface area contributed by atoms with Crippen molar-refractivity contribution in [3.8, 4) is 0 Å². The van der Waals surface area contributed by atoms with Crippen molar-refractivity contribution in [2.75, 3.05) is 29.4 Å². The second-order valence-electron chi connectivity index (χ2n) is 6.72. The molecule has 3 heterocycles. The van der Waals surface area contributed by atoms with Gasteiger partial charge in [0.05, 0.1) is 6.20 Å². The summed E-state index contributed by atoms with van der Waals surface area (Å²) < 4.78 is 0. The lowest BCUT2D eigenvalue weighted by Gasteiger charge is -2.32. The number of aromatic nitrogens is 3. The highest BCUT2D eigenvalue weighted by Crippen LogP contribution is 2.24. The second-order valence-corrected chi connectivity index (χ2v) is 6.72. The van der Waals surface area contributed by atoms with Crippen molar-refractivity contribution in [2.24, 2.45) is 5.92 Å². The van der Waals surface area contributed by atoms with Gasteiger partial charge in [-0.1, -0.05) is 31.2 Å². The minimum atomic E-state index is 0.760. The van der Waals surface area contributed by atoms with E-state index in [0.717, 1.165) is 50.3 Å². The minimum absolute atomic E-state index is 0.760. The Balaban J connectivity index is 1.53. The summed E-state index contributed by atoms with van der Waals surface area (Å²) >= 11 is 0. The monoisotopic (exact) mass is 309 g/mol. The maximum Gasteiger partial charge on any atom is 0.247 e. The van der Waals surface area contributed by atoms with Crippen LogP contribution in [0.5, 0.6) is 0 Å². The van der Waals surface area contributed by atoms with E-state index >= 15 is 0 Å². The Hall–Kier alpha value is -2.17. The van der Waals surface area contributed by atoms with Crippen LogP contribution in [-0.2, 0) is 13.0 Å². The summed E-state index contributed by atoms with van der Waals surface area (Å²) in [5.41, 5.74) is 2.82. The molecule has 0 atom stereocenters. The van der Waals surface area contributed by atoms with Crippen molar-refractivity contribution in [1.82, 2.24) is 15.2 Å². The minimum Gasteiger partial charge on any atom is -0.355 e. The van der Waals surface area contributed by atoms with Crippen LogP contribution in [0.15, 0.2) is 30.5 Å². The molecule has 1 fully saturated rings. The van der Waals surface area contributed by atoms with E-state index in [2.05, 4.69) is 51.2 Å². The van der Waals surface area contributed by atoms with Gasteiger partial charge in [0.15, 0.2) is 5.82 Å². The molecule has 1 aromatic carbocycles. The molecule has 0 radical (unpaired) electrons. The zero-order valence-corrected chi connectivity index (χ0v) is 13.6. The van der Waals surface area contributed by atoms with Gasteiger partial charge in [-0.25, -0.2) is 0 Å². The highest BCUT2D eigenvalue weighted by molar-refractivity contribution is 5.44. The zero-order chi connectivity index (χ0) is 15.6. The molecule has 0 bridgehead atoms. The van der Waals surface area contributed by atoms with Gasteiger partial charge in [0.25, 0.3) is 0 Å². The van der Waals surface area contributed by atoms with Crippen molar-refractivity contribution in [3.63, 3.8) is 0 Å². The molecule has 0 aliphatic carbocycles. The van der Waals surface area contributed by atoms with E-state index in [9.17, 15) is 0 Å². The first-order valence-corrected chi connectivity index (χ1v) is 8.56. The molecular formula is C18H23N5. The third-order valence-corrected chi connectivity index (χ3v) is 5.06. The number of fused-ring (bicyclic) bond motifs is 1. The maximum atomic E-state index is 4.80. The van der Waals surface area contributed by atoms with Gasteiger partial charge in [0, 0.05) is 26.2 Å². The largest absolute Gasteiger partial charge is 0.355 e. The number of hydrogen-bond donors (Lipinski definition) is 0. The Morgan fingerprint density at radius 2 is 1.78 bits per heavy atom. The molecule has 5 heteroatoms. The van der Waals surface area contributed by atoms with E-state index in [1.807, 2.05) is 0 Å². The number of piperidine rings is 1. The Bertz CT molecular complexity index is 679. The van der Waals surface area contributed by atoms with Crippen molar-refractivity contribution in [3.05, 3.63) is 41.6 Å². The first kappa shape index (κ1) is 14.4. The average Bonchev–Trinajstić information content (AvgIpc) is 2.62. The highest BCUT2D eigenvalue weighted by atomic mass is 15.3. The van der Waals surface area contributed by atoms with E-state index in [0.29, 0.717) is 0 Å². The smallest absolute Gasteiger partial charge is 0.247 e. The summed E-state index contributed by atoms with van der Waals surface area (Å²) in [5.74, 6) is 2.55. The van der Waals surface area contributed by atoms with Crippen molar-refractivity contribution in [1.29, 1.82) is 0 Å². The van der Waals surface area contributed by atoms with Gasteiger partial charge in [-0.2, -0.15) is 10.1 Å². The molecule has 120 valence electrons. The average molecular weight is 309 g/mol. The van der Waals surface area contributed by atoms with Gasteiger partial charge >= 0.3 is 0 Å². The fraction of sp³-hybridized carbons (Fsp3) is 0.500. The number of rotatable bonds is 2. The Labute approximate surface area is 137 Å². The highest BCUT2D eigenvalue weighted by Gasteiger charge is 2.21. The van der Waals surface area contributed by atoms with E-state index in [-0.39, 0.29) is 0 Å². The molecular weight excluding hydrogens is 286 g/mol. The molecule has 0 unspecified atom stereocenters. The lowest BCUT2D eigenvalue weighted by atomic mass is 9.99. The molecule has 1 aromatic heterocycles. The summed E-state index contributed by atoms with van der Waals surface area (Å²) in [4.78, 5) is 9.38. The Morgan fingerprint density at radius 3 is 2.61 bits per heavy atom. The van der Waals surface area contributed by atoms with Crippen LogP contribution < -0.4 is 9.80 Å². The molecule has 2 aliphatic rings. The molecule has 4 rings (SSSR count). The molecule has 23 heavy (non-hydrogen) atoms. The number of benzene rings is 1. The van der Waals surface area contributed by atoms with Gasteiger partial charge in [-0.3, -0.25) is 0 Å². The predicted octanol–water partition coefficient (Wildman–Crippen LogP) is 2.67. The standard InChI is InChI=1S/C18H23N5/c1-14-6-9-22(10-7-14)17-12-19-21-18(20-17)23-11-8-15-4-2-3-5-16(15)13-23/h2-5,12,14H,6-11,13H2,1H3. The zero-order valence-electron chi connectivity index (χ0n) is 13.6. The van der Waals surface area contributed by atoms with E-state index in [4.69, 9.17) is 4.98 Å². The fourth-order valence-electron chi connectivity index (χ4n) is 3.48. The lowest BCUT2D eigenvalue weighted by Crippen LogP contribution is -2.35. The van der Waals surface area contributed by atoms with Gasteiger partial charge in [-0.05, 0) is 36.3 Å². The summed E-state index contributed by atoms with van der Waals surface area (Å²) in [7, 11) is 0. The van der Waals surface area contributed by atoms with E-state index < -0.39 is 0 Å². The van der Waals surface area contributed by atoms with Crippen LogP contribution in [0.3, 0.4) is 0 Å². The SMILES string of the molecule is CC1CCN(c2cnnc(N3CCc4ccccc4C3)n2)CC1. The second kappa shape index (κ2) is 6.14. The third-order valence-electron chi connectivity index (χ3n) is 5.06. The predicted molar refractivity (Wildman–Crippen MR) is 91.6 cm³/mol. The Morgan fingerprint density at radius 1 is 1.00 bits per heavy atom. The van der Waals surface area contributed by atoms with Gasteiger partial charge in [-0.15, -0.1) is 5.10 Å². The summed E-state index contributed by atoms with van der Waals surface area (Å²) in [5, 5.41) is 8.50. The topological polar surface area (TPSA) is 45.2 Å². The quantitative estimate of drug-likeness (QED) is 0.853. The fourth-order valence-corrected chi connectivity index (χ4v) is 3.48. The van der Waals surface area contributed by atoms with Gasteiger partial charge < -0.3 is 9.80 Å². The molecule has 0 N–H and O–H groups in total. The summed E-state index contributed by atoms with van der Waals surface area (Å²) in [6.07, 6.45) is 5.31. The van der Waals surface area contributed by atoms with Crippen LogP contribution in [0.1, 0.15) is 30.9 Å². The van der Waals surface area contributed by atoms with Crippen LogP contribution in [0, 0.1) is 5.92 Å². The Kier molecular flexibility index (Phi) is 3.85. The molecule has 2 aliphatic heterocycles. The van der Waals surface area contributed by atoms with Crippen LogP contribution >= 0.6 is 0 Å². The van der Waals surface area contributed by atoms with Crippen molar-refractivity contribution < 1.29 is 0 Å². The molecule has 5 nitrogen and oxygen atoms in total. The van der Waals surface area contributed by atoms with Gasteiger partial charge in [0.1, 0.15) is 0 Å². The molecule has 1 saturated heterocycles. The third kappa shape index (κ3) is 3.00. The van der Waals surface area contributed by atoms with E-state index in [1.54, 1.807) is 6.20 Å².